The number of nitrogens with one attached hydrogen (secondary N) is 1. The minimum Gasteiger partial charge on any atom is -0.378 e. The van der Waals surface area contributed by atoms with Crippen LogP contribution in [0.3, 0.4) is 0 Å². The number of benzene rings is 2. The highest BCUT2D eigenvalue weighted by molar-refractivity contribution is 6.30. The third kappa shape index (κ3) is 3.08. The lowest BCUT2D eigenvalue weighted by Gasteiger charge is -2.05. The number of rotatable bonds is 4. The Morgan fingerprint density at radius 2 is 2.05 bits per heavy atom. The molecule has 3 aromatic rings. The Morgan fingerprint density at radius 3 is 2.86 bits per heavy atom. The third-order valence-electron chi connectivity index (χ3n) is 3.12. The van der Waals surface area contributed by atoms with Gasteiger partial charge in [-0.05, 0) is 30.3 Å². The van der Waals surface area contributed by atoms with Gasteiger partial charge in [-0.3, -0.25) is 0 Å². The van der Waals surface area contributed by atoms with Gasteiger partial charge in [-0.15, -0.1) is 5.10 Å². The van der Waals surface area contributed by atoms with Gasteiger partial charge in [0.05, 0.1) is 29.7 Å². The molecule has 0 saturated heterocycles. The number of hydrogen-bond donors (Lipinski definition) is 1. The van der Waals surface area contributed by atoms with Crippen molar-refractivity contribution in [3.8, 4) is 11.8 Å². The lowest BCUT2D eigenvalue weighted by molar-refractivity contribution is 0.798. The Morgan fingerprint density at radius 1 is 1.18 bits per heavy atom. The van der Waals surface area contributed by atoms with Crippen LogP contribution < -0.4 is 5.32 Å². The summed E-state index contributed by atoms with van der Waals surface area (Å²) in [6, 6.07) is 16.9. The largest absolute Gasteiger partial charge is 0.378 e. The maximum absolute atomic E-state index is 9.06. The SMILES string of the molecule is N#Cc1ccccc1NCc1cn(-c2cccc(Cl)c2)nn1. The molecule has 0 radical (unpaired) electrons. The molecule has 0 spiro atoms. The van der Waals surface area contributed by atoms with E-state index in [1.165, 1.54) is 0 Å². The Bertz CT molecular complexity index is 834. The summed E-state index contributed by atoms with van der Waals surface area (Å²) in [5.74, 6) is 0. The number of nitriles is 1. The minimum absolute atomic E-state index is 0.485. The van der Waals surface area contributed by atoms with Crippen molar-refractivity contribution in [3.63, 3.8) is 0 Å². The van der Waals surface area contributed by atoms with E-state index >= 15 is 0 Å². The highest BCUT2D eigenvalue weighted by Crippen LogP contribution is 2.16. The van der Waals surface area contributed by atoms with Crippen molar-refractivity contribution in [3.05, 3.63) is 71.0 Å². The molecule has 0 fully saturated rings. The van der Waals surface area contributed by atoms with E-state index in [-0.39, 0.29) is 0 Å². The van der Waals surface area contributed by atoms with Gasteiger partial charge in [0.25, 0.3) is 0 Å². The first-order valence-electron chi connectivity index (χ1n) is 6.66. The van der Waals surface area contributed by atoms with Crippen molar-refractivity contribution < 1.29 is 0 Å². The fourth-order valence-electron chi connectivity index (χ4n) is 2.04. The van der Waals surface area contributed by atoms with Crippen molar-refractivity contribution in [1.29, 1.82) is 5.26 Å². The standard InChI is InChI=1S/C16H12ClN5/c17-13-5-3-6-15(8-13)22-11-14(20-21-22)10-19-16-7-2-1-4-12(16)9-18/h1-8,11,19H,10H2. The highest BCUT2D eigenvalue weighted by atomic mass is 35.5. The molecule has 0 unspecified atom stereocenters. The molecule has 22 heavy (non-hydrogen) atoms. The second-order valence-corrected chi connectivity index (χ2v) is 5.08. The van der Waals surface area contributed by atoms with Gasteiger partial charge in [-0.1, -0.05) is 35.0 Å². The summed E-state index contributed by atoms with van der Waals surface area (Å²) < 4.78 is 1.67. The van der Waals surface area contributed by atoms with Crippen LogP contribution in [0.4, 0.5) is 5.69 Å². The zero-order valence-corrected chi connectivity index (χ0v) is 12.3. The number of nitrogens with zero attached hydrogens (tertiary/aromatic N) is 4. The predicted molar refractivity (Wildman–Crippen MR) is 84.9 cm³/mol. The molecule has 0 atom stereocenters. The van der Waals surface area contributed by atoms with E-state index in [9.17, 15) is 0 Å². The Balaban J connectivity index is 1.74. The molecule has 108 valence electrons. The van der Waals surface area contributed by atoms with Gasteiger partial charge in [-0.25, -0.2) is 4.68 Å². The number of hydrogen-bond acceptors (Lipinski definition) is 4. The first-order valence-corrected chi connectivity index (χ1v) is 7.04. The number of para-hydroxylation sites is 1. The van der Waals surface area contributed by atoms with Gasteiger partial charge in [0.1, 0.15) is 11.8 Å². The summed E-state index contributed by atoms with van der Waals surface area (Å²) in [5, 5.41) is 21.1. The number of halogens is 1. The number of anilines is 1. The lowest BCUT2D eigenvalue weighted by atomic mass is 10.2. The van der Waals surface area contributed by atoms with E-state index in [1.54, 1.807) is 10.7 Å². The lowest BCUT2D eigenvalue weighted by Crippen LogP contribution is -2.01. The summed E-state index contributed by atoms with van der Waals surface area (Å²) in [6.07, 6.45) is 1.83. The van der Waals surface area contributed by atoms with Crippen molar-refractivity contribution in [2.75, 3.05) is 5.32 Å². The van der Waals surface area contributed by atoms with Gasteiger partial charge in [-0.2, -0.15) is 5.26 Å². The van der Waals surface area contributed by atoms with Crippen LogP contribution in [0, 0.1) is 11.3 Å². The van der Waals surface area contributed by atoms with E-state index in [0.29, 0.717) is 17.1 Å². The van der Waals surface area contributed by atoms with Gasteiger partial charge < -0.3 is 5.32 Å². The van der Waals surface area contributed by atoms with Gasteiger partial charge in [0.15, 0.2) is 0 Å². The molecule has 0 saturated carbocycles. The molecule has 0 aliphatic carbocycles. The number of aromatic nitrogens is 3. The van der Waals surface area contributed by atoms with Crippen LogP contribution in [0.25, 0.3) is 5.69 Å². The molecule has 0 bridgehead atoms. The smallest absolute Gasteiger partial charge is 0.102 e. The Kier molecular flexibility index (Phi) is 4.03. The van der Waals surface area contributed by atoms with Crippen LogP contribution in [0.1, 0.15) is 11.3 Å². The predicted octanol–water partition coefficient (Wildman–Crippen LogP) is 3.40. The second kappa shape index (κ2) is 6.29. The summed E-state index contributed by atoms with van der Waals surface area (Å²) >= 11 is 5.97. The monoisotopic (exact) mass is 309 g/mol. The van der Waals surface area contributed by atoms with Crippen molar-refractivity contribution in [1.82, 2.24) is 15.0 Å². The molecule has 2 aromatic carbocycles. The van der Waals surface area contributed by atoms with E-state index in [0.717, 1.165) is 17.1 Å². The quantitative estimate of drug-likeness (QED) is 0.802. The maximum Gasteiger partial charge on any atom is 0.102 e. The van der Waals surface area contributed by atoms with Crippen LogP contribution in [-0.4, -0.2) is 15.0 Å². The van der Waals surface area contributed by atoms with Gasteiger partial charge >= 0.3 is 0 Å². The molecule has 6 heteroatoms. The first kappa shape index (κ1) is 14.1. The molecule has 0 aliphatic rings. The van der Waals surface area contributed by atoms with Crippen molar-refractivity contribution >= 4 is 17.3 Å². The van der Waals surface area contributed by atoms with Crippen molar-refractivity contribution in [2.24, 2.45) is 0 Å². The van der Waals surface area contributed by atoms with Gasteiger partial charge in [0.2, 0.25) is 0 Å². The van der Waals surface area contributed by atoms with E-state index < -0.39 is 0 Å². The molecule has 5 nitrogen and oxygen atoms in total. The summed E-state index contributed by atoms with van der Waals surface area (Å²) in [7, 11) is 0. The molecule has 0 aliphatic heterocycles. The summed E-state index contributed by atoms with van der Waals surface area (Å²) in [6.45, 7) is 0.485. The molecular weight excluding hydrogens is 298 g/mol. The normalized spacial score (nSPS) is 10.2. The molecule has 1 N–H and O–H groups in total. The van der Waals surface area contributed by atoms with Gasteiger partial charge in [0, 0.05) is 5.02 Å². The molecule has 0 amide bonds. The highest BCUT2D eigenvalue weighted by Gasteiger charge is 2.05. The van der Waals surface area contributed by atoms with Crippen LogP contribution in [0.5, 0.6) is 0 Å². The van der Waals surface area contributed by atoms with E-state index in [4.69, 9.17) is 16.9 Å². The Hall–Kier alpha value is -2.84. The van der Waals surface area contributed by atoms with E-state index in [1.807, 2.05) is 48.7 Å². The van der Waals surface area contributed by atoms with Crippen LogP contribution >= 0.6 is 11.6 Å². The molecule has 1 heterocycles. The fourth-order valence-corrected chi connectivity index (χ4v) is 2.23. The van der Waals surface area contributed by atoms with E-state index in [2.05, 4.69) is 21.7 Å². The fraction of sp³-hybridized carbons (Fsp3) is 0.0625. The first-order chi connectivity index (χ1) is 10.8. The minimum atomic E-state index is 0.485. The third-order valence-corrected chi connectivity index (χ3v) is 3.36. The average Bonchev–Trinajstić information content (AvgIpc) is 3.02. The average molecular weight is 310 g/mol. The second-order valence-electron chi connectivity index (χ2n) is 4.65. The summed E-state index contributed by atoms with van der Waals surface area (Å²) in [5.41, 5.74) is 3.00. The Labute approximate surface area is 132 Å². The zero-order valence-electron chi connectivity index (χ0n) is 11.6. The van der Waals surface area contributed by atoms with Crippen LogP contribution in [0.2, 0.25) is 5.02 Å². The molecule has 3 rings (SSSR count). The van der Waals surface area contributed by atoms with Crippen molar-refractivity contribution in [2.45, 2.75) is 6.54 Å². The molecule has 1 aromatic heterocycles. The maximum atomic E-state index is 9.06. The molecular formula is C16H12ClN5. The van der Waals surface area contributed by atoms with Crippen LogP contribution in [0.15, 0.2) is 54.7 Å². The topological polar surface area (TPSA) is 66.5 Å². The van der Waals surface area contributed by atoms with Crippen LogP contribution in [-0.2, 0) is 6.54 Å². The zero-order chi connectivity index (χ0) is 15.4. The summed E-state index contributed by atoms with van der Waals surface area (Å²) in [4.78, 5) is 0.